The van der Waals surface area contributed by atoms with E-state index in [-0.39, 0.29) is 24.0 Å². The Morgan fingerprint density at radius 3 is 2.71 bits per heavy atom. The second kappa shape index (κ2) is 11.9. The minimum Gasteiger partial charge on any atom is -0.385 e. The quantitative estimate of drug-likeness (QED) is 0.323. The molecule has 0 aromatic carbocycles. The number of hydrogen-bond acceptors (Lipinski definition) is 4. The third-order valence-electron chi connectivity index (χ3n) is 6.04. The summed E-state index contributed by atoms with van der Waals surface area (Å²) in [6.45, 7) is 6.36. The Morgan fingerprint density at radius 2 is 1.96 bits per heavy atom. The zero-order valence-corrected chi connectivity index (χ0v) is 19.8. The molecule has 1 aliphatic heterocycles. The van der Waals surface area contributed by atoms with E-state index in [4.69, 9.17) is 9.73 Å². The number of nitrogens with zero attached hydrogens (tertiary/aromatic N) is 4. The lowest BCUT2D eigenvalue weighted by Crippen LogP contribution is -2.43. The molecule has 8 heteroatoms. The van der Waals surface area contributed by atoms with Gasteiger partial charge in [0.1, 0.15) is 12.4 Å². The smallest absolute Gasteiger partial charge is 0.191 e. The number of hydrogen-bond donors (Lipinski definition) is 2. The van der Waals surface area contributed by atoms with Crippen molar-refractivity contribution in [3.8, 4) is 0 Å². The van der Waals surface area contributed by atoms with Gasteiger partial charge in [0, 0.05) is 39.8 Å². The number of fused-ring (bicyclic) bond motifs is 1. The van der Waals surface area contributed by atoms with Gasteiger partial charge in [-0.15, -0.1) is 34.2 Å². The number of aryl methyl sites for hydroxylation is 1. The summed E-state index contributed by atoms with van der Waals surface area (Å²) >= 11 is 0. The van der Waals surface area contributed by atoms with Gasteiger partial charge in [-0.25, -0.2) is 4.99 Å². The fourth-order valence-electron chi connectivity index (χ4n) is 4.38. The third-order valence-corrected chi connectivity index (χ3v) is 6.04. The number of guanidine groups is 1. The van der Waals surface area contributed by atoms with Crippen molar-refractivity contribution < 1.29 is 4.74 Å². The van der Waals surface area contributed by atoms with E-state index in [0.717, 1.165) is 56.7 Å². The van der Waals surface area contributed by atoms with Crippen molar-refractivity contribution in [1.82, 2.24) is 25.4 Å². The summed E-state index contributed by atoms with van der Waals surface area (Å²) in [5.41, 5.74) is 0.345. The highest BCUT2D eigenvalue weighted by atomic mass is 127. The molecule has 7 nitrogen and oxygen atoms in total. The van der Waals surface area contributed by atoms with Crippen LogP contribution in [-0.2, 0) is 24.2 Å². The third kappa shape index (κ3) is 6.30. The van der Waals surface area contributed by atoms with Crippen LogP contribution in [0.5, 0.6) is 0 Å². The van der Waals surface area contributed by atoms with Crippen LogP contribution in [0.25, 0.3) is 0 Å². The maximum atomic E-state index is 5.35. The first-order valence-corrected chi connectivity index (χ1v) is 10.7. The first kappa shape index (κ1) is 23.4. The Labute approximate surface area is 186 Å². The van der Waals surface area contributed by atoms with Crippen LogP contribution in [0.3, 0.4) is 0 Å². The maximum absolute atomic E-state index is 5.35. The molecule has 1 saturated carbocycles. The molecule has 0 spiro atoms. The summed E-state index contributed by atoms with van der Waals surface area (Å²) in [5.74, 6) is 2.99. The fourth-order valence-corrected chi connectivity index (χ4v) is 4.38. The largest absolute Gasteiger partial charge is 0.385 e. The number of ether oxygens (including phenoxy) is 1. The van der Waals surface area contributed by atoms with Crippen molar-refractivity contribution in [3.63, 3.8) is 0 Å². The predicted molar refractivity (Wildman–Crippen MR) is 123 cm³/mol. The van der Waals surface area contributed by atoms with Gasteiger partial charge in [-0.05, 0) is 44.4 Å². The summed E-state index contributed by atoms with van der Waals surface area (Å²) in [6.07, 6.45) is 11.1. The van der Waals surface area contributed by atoms with Gasteiger partial charge in [-0.1, -0.05) is 19.3 Å². The van der Waals surface area contributed by atoms with Crippen molar-refractivity contribution in [3.05, 3.63) is 11.6 Å². The average Bonchev–Trinajstić information content (AvgIpc) is 3.23. The number of aromatic nitrogens is 3. The summed E-state index contributed by atoms with van der Waals surface area (Å²) < 4.78 is 7.63. The lowest BCUT2D eigenvalue weighted by atomic mass is 9.83. The van der Waals surface area contributed by atoms with Gasteiger partial charge in [0.05, 0.1) is 0 Å². The van der Waals surface area contributed by atoms with Crippen molar-refractivity contribution in [1.29, 1.82) is 0 Å². The van der Waals surface area contributed by atoms with Crippen molar-refractivity contribution in [2.45, 2.75) is 77.8 Å². The average molecular weight is 504 g/mol. The van der Waals surface area contributed by atoms with Crippen molar-refractivity contribution in [2.75, 3.05) is 26.8 Å². The standard InChI is InChI=1S/C20H36N6O.HI/c1-3-21-19(23-16-20(12-14-27-2)10-6-7-11-20)22-15-18-25-24-17-9-5-4-8-13-26(17)18;/h3-16H2,1-2H3,(H2,21,22,23);1H. The Morgan fingerprint density at radius 1 is 1.14 bits per heavy atom. The van der Waals surface area contributed by atoms with E-state index in [1.165, 1.54) is 44.9 Å². The van der Waals surface area contributed by atoms with Crippen molar-refractivity contribution in [2.24, 2.45) is 10.4 Å². The molecule has 3 rings (SSSR count). The highest BCUT2D eigenvalue weighted by Gasteiger charge is 2.33. The zero-order chi connectivity index (χ0) is 19.0. The number of halogens is 1. The topological polar surface area (TPSA) is 76.4 Å². The van der Waals surface area contributed by atoms with E-state index in [2.05, 4.69) is 32.3 Å². The van der Waals surface area contributed by atoms with Gasteiger partial charge in [0.2, 0.25) is 0 Å². The zero-order valence-electron chi connectivity index (χ0n) is 17.5. The molecule has 1 aliphatic carbocycles. The fraction of sp³-hybridized carbons (Fsp3) is 0.850. The van der Waals surface area contributed by atoms with Crippen LogP contribution in [0, 0.1) is 5.41 Å². The van der Waals surface area contributed by atoms with Gasteiger partial charge in [-0.3, -0.25) is 0 Å². The van der Waals surface area contributed by atoms with E-state index >= 15 is 0 Å². The second-order valence-corrected chi connectivity index (χ2v) is 7.99. The summed E-state index contributed by atoms with van der Waals surface area (Å²) in [4.78, 5) is 4.81. The van der Waals surface area contributed by atoms with Gasteiger partial charge in [0.25, 0.3) is 0 Å². The van der Waals surface area contributed by atoms with E-state index < -0.39 is 0 Å². The first-order valence-electron chi connectivity index (χ1n) is 10.7. The van der Waals surface area contributed by atoms with Crippen LogP contribution >= 0.6 is 24.0 Å². The summed E-state index contributed by atoms with van der Waals surface area (Å²) in [6, 6.07) is 0. The highest BCUT2D eigenvalue weighted by Crippen LogP contribution is 2.40. The van der Waals surface area contributed by atoms with Crippen LogP contribution in [0.4, 0.5) is 0 Å². The lowest BCUT2D eigenvalue weighted by molar-refractivity contribution is 0.138. The maximum Gasteiger partial charge on any atom is 0.191 e. The Bertz CT molecular complexity index is 612. The summed E-state index contributed by atoms with van der Waals surface area (Å²) in [5, 5.41) is 15.8. The molecular weight excluding hydrogens is 467 g/mol. The number of nitrogens with one attached hydrogen (secondary N) is 2. The molecule has 1 aromatic heterocycles. The van der Waals surface area contributed by atoms with E-state index in [1.54, 1.807) is 7.11 Å². The minimum absolute atomic E-state index is 0. The molecule has 1 fully saturated rings. The molecule has 2 heterocycles. The van der Waals surface area contributed by atoms with Crippen LogP contribution in [0.2, 0.25) is 0 Å². The van der Waals surface area contributed by atoms with E-state index in [1.807, 2.05) is 0 Å². The first-order chi connectivity index (χ1) is 13.3. The van der Waals surface area contributed by atoms with Gasteiger partial charge in [-0.2, -0.15) is 0 Å². The molecule has 0 saturated heterocycles. The van der Waals surface area contributed by atoms with Gasteiger partial charge in [0.15, 0.2) is 11.8 Å². The normalized spacial score (nSPS) is 18.9. The molecule has 0 amide bonds. The highest BCUT2D eigenvalue weighted by molar-refractivity contribution is 14.0. The molecular formula is C20H37IN6O. The molecule has 2 N–H and O–H groups in total. The monoisotopic (exact) mass is 504 g/mol. The number of rotatable bonds is 8. The molecule has 160 valence electrons. The van der Waals surface area contributed by atoms with Gasteiger partial charge >= 0.3 is 0 Å². The molecule has 28 heavy (non-hydrogen) atoms. The van der Waals surface area contributed by atoms with E-state index in [0.29, 0.717) is 12.0 Å². The van der Waals surface area contributed by atoms with Crippen LogP contribution in [-0.4, -0.2) is 47.5 Å². The number of methoxy groups -OCH3 is 1. The van der Waals surface area contributed by atoms with Crippen LogP contribution in [0.15, 0.2) is 4.99 Å². The second-order valence-electron chi connectivity index (χ2n) is 7.99. The molecule has 0 atom stereocenters. The van der Waals surface area contributed by atoms with Crippen molar-refractivity contribution >= 4 is 29.9 Å². The minimum atomic E-state index is 0. The molecule has 1 aromatic rings. The Kier molecular flexibility index (Phi) is 9.98. The summed E-state index contributed by atoms with van der Waals surface area (Å²) in [7, 11) is 1.79. The Hall–Kier alpha value is -0.900. The lowest BCUT2D eigenvalue weighted by Gasteiger charge is -2.30. The molecule has 0 bridgehead atoms. The van der Waals surface area contributed by atoms with Crippen LogP contribution in [0.1, 0.15) is 69.9 Å². The Balaban J connectivity index is 0.00000280. The molecule has 0 unspecified atom stereocenters. The van der Waals surface area contributed by atoms with Gasteiger partial charge < -0.3 is 19.9 Å². The molecule has 2 aliphatic rings. The van der Waals surface area contributed by atoms with Crippen LogP contribution < -0.4 is 10.6 Å². The SMILES string of the molecule is CCNC(=NCc1nnc2n1CCCCC2)NCC1(CCOC)CCCC1.I. The molecule has 0 radical (unpaired) electrons. The number of aliphatic imine (C=N–C) groups is 1. The predicted octanol–water partition coefficient (Wildman–Crippen LogP) is 3.27. The van der Waals surface area contributed by atoms with E-state index in [9.17, 15) is 0 Å².